The highest BCUT2D eigenvalue weighted by Gasteiger charge is 2.13. The van der Waals surface area contributed by atoms with E-state index in [1.165, 1.54) is 75.6 Å². The molecule has 1 aromatic heterocycles. The van der Waals surface area contributed by atoms with Crippen LogP contribution in [0.4, 0.5) is 0 Å². The maximum absolute atomic E-state index is 5.03. The summed E-state index contributed by atoms with van der Waals surface area (Å²) in [5.41, 5.74) is 4.39. The average molecular weight is 484 g/mol. The maximum atomic E-state index is 5.03. The second-order valence-corrected chi connectivity index (χ2v) is 8.88. The highest BCUT2D eigenvalue weighted by atomic mass is 79.9. The van der Waals surface area contributed by atoms with Crippen LogP contribution in [0.2, 0.25) is 0 Å². The Balaban J connectivity index is 2.13. The predicted octanol–water partition coefficient (Wildman–Crippen LogP) is 8.18. The quantitative estimate of drug-likeness (QED) is 0.284. The summed E-state index contributed by atoms with van der Waals surface area (Å²) in [5.74, 6) is 0. The lowest BCUT2D eigenvalue weighted by Crippen LogP contribution is -2.04. The van der Waals surface area contributed by atoms with Crippen LogP contribution in [0.25, 0.3) is 11.0 Å². The summed E-state index contributed by atoms with van der Waals surface area (Å²) in [6, 6.07) is 4.10. The van der Waals surface area contributed by atoms with Crippen molar-refractivity contribution in [2.24, 2.45) is 0 Å². The van der Waals surface area contributed by atoms with Crippen molar-refractivity contribution in [2.75, 3.05) is 0 Å². The highest BCUT2D eigenvalue weighted by molar-refractivity contribution is 9.11. The third kappa shape index (κ3) is 6.60. The van der Waals surface area contributed by atoms with Crippen molar-refractivity contribution in [1.82, 2.24) is 9.97 Å². The van der Waals surface area contributed by atoms with Gasteiger partial charge < -0.3 is 0 Å². The van der Waals surface area contributed by atoms with Crippen molar-refractivity contribution < 1.29 is 0 Å². The van der Waals surface area contributed by atoms with E-state index in [-0.39, 0.29) is 0 Å². The fraction of sp³-hybridized carbons (Fsp3) is 0.636. The first-order chi connectivity index (χ1) is 12.7. The van der Waals surface area contributed by atoms with Gasteiger partial charge in [0, 0.05) is 8.95 Å². The number of hydrogen-bond acceptors (Lipinski definition) is 2. The molecule has 0 fully saturated rings. The number of rotatable bonds is 12. The third-order valence-electron chi connectivity index (χ3n) is 4.91. The van der Waals surface area contributed by atoms with Gasteiger partial charge in [0.25, 0.3) is 0 Å². The van der Waals surface area contributed by atoms with Gasteiger partial charge in [-0.15, -0.1) is 0 Å². The Hall–Kier alpha value is -0.480. The van der Waals surface area contributed by atoms with Gasteiger partial charge in [-0.2, -0.15) is 0 Å². The van der Waals surface area contributed by atoms with E-state index in [2.05, 4.69) is 57.8 Å². The molecule has 0 saturated heterocycles. The molecule has 1 aromatic carbocycles. The lowest BCUT2D eigenvalue weighted by Gasteiger charge is -2.12. The molecular formula is C22H32Br2N2. The summed E-state index contributed by atoms with van der Waals surface area (Å²) < 4.78 is 2.06. The van der Waals surface area contributed by atoms with Gasteiger partial charge >= 0.3 is 0 Å². The topological polar surface area (TPSA) is 25.8 Å². The molecule has 0 unspecified atom stereocenters. The zero-order valence-corrected chi connectivity index (χ0v) is 19.5. The van der Waals surface area contributed by atoms with Crippen LogP contribution in [0.1, 0.15) is 89.4 Å². The molecule has 0 bridgehead atoms. The number of benzene rings is 1. The van der Waals surface area contributed by atoms with Crippen molar-refractivity contribution in [2.45, 2.75) is 90.9 Å². The van der Waals surface area contributed by atoms with Crippen molar-refractivity contribution in [3.05, 3.63) is 32.5 Å². The number of fused-ring (bicyclic) bond motifs is 1. The van der Waals surface area contributed by atoms with Crippen LogP contribution >= 0.6 is 31.9 Å². The molecule has 2 rings (SSSR count). The second-order valence-electron chi connectivity index (χ2n) is 7.17. The monoisotopic (exact) mass is 482 g/mol. The van der Waals surface area contributed by atoms with Crippen LogP contribution in [0, 0.1) is 0 Å². The molecule has 4 heteroatoms. The van der Waals surface area contributed by atoms with Gasteiger partial charge in [-0.25, -0.2) is 9.97 Å². The van der Waals surface area contributed by atoms with Crippen LogP contribution in [-0.4, -0.2) is 9.97 Å². The number of aryl methyl sites for hydroxylation is 2. The standard InChI is InChI=1S/C22H32Br2N2/c1-3-5-7-9-10-12-14-20-19(13-11-8-6-4-2)25-21-17(23)15-16-18(24)22(21)26-20/h15-16H,3-14H2,1-2H3. The Morgan fingerprint density at radius 2 is 1.00 bits per heavy atom. The number of aromatic nitrogens is 2. The largest absolute Gasteiger partial charge is 0.248 e. The minimum absolute atomic E-state index is 0.983. The van der Waals surface area contributed by atoms with Gasteiger partial charge in [0.05, 0.1) is 11.4 Å². The molecule has 0 aliphatic rings. The van der Waals surface area contributed by atoms with Gasteiger partial charge in [0.15, 0.2) is 0 Å². The fourth-order valence-corrected chi connectivity index (χ4v) is 4.15. The molecule has 0 spiro atoms. The Kier molecular flexibility index (Phi) is 10.1. The zero-order chi connectivity index (χ0) is 18.8. The van der Waals surface area contributed by atoms with Gasteiger partial charge in [-0.3, -0.25) is 0 Å². The summed E-state index contributed by atoms with van der Waals surface area (Å²) in [5, 5.41) is 0. The first kappa shape index (κ1) is 21.8. The number of unbranched alkanes of at least 4 members (excludes halogenated alkanes) is 8. The van der Waals surface area contributed by atoms with Crippen LogP contribution in [-0.2, 0) is 12.8 Å². The van der Waals surface area contributed by atoms with E-state index in [0.717, 1.165) is 32.8 Å². The Morgan fingerprint density at radius 1 is 0.615 bits per heavy atom. The van der Waals surface area contributed by atoms with E-state index in [4.69, 9.17) is 9.97 Å². The average Bonchev–Trinajstić information content (AvgIpc) is 2.65. The normalized spacial score (nSPS) is 11.4. The molecule has 0 saturated carbocycles. The Bertz CT molecular complexity index is 685. The van der Waals surface area contributed by atoms with E-state index in [0.29, 0.717) is 0 Å². The summed E-state index contributed by atoms with van der Waals surface area (Å²) in [6.45, 7) is 4.53. The van der Waals surface area contributed by atoms with Crippen molar-refractivity contribution in [3.8, 4) is 0 Å². The van der Waals surface area contributed by atoms with Crippen LogP contribution < -0.4 is 0 Å². The van der Waals surface area contributed by atoms with Crippen molar-refractivity contribution >= 4 is 42.9 Å². The zero-order valence-electron chi connectivity index (χ0n) is 16.3. The van der Waals surface area contributed by atoms with E-state index in [9.17, 15) is 0 Å². The molecule has 2 aromatic rings. The number of nitrogens with zero attached hydrogens (tertiary/aromatic N) is 2. The van der Waals surface area contributed by atoms with E-state index < -0.39 is 0 Å². The Morgan fingerprint density at radius 3 is 1.46 bits per heavy atom. The van der Waals surface area contributed by atoms with Gasteiger partial charge in [-0.1, -0.05) is 65.2 Å². The number of halogens is 2. The summed E-state index contributed by atoms with van der Waals surface area (Å²) in [4.78, 5) is 10.1. The summed E-state index contributed by atoms with van der Waals surface area (Å²) in [7, 11) is 0. The third-order valence-corrected chi connectivity index (χ3v) is 6.19. The molecular weight excluding hydrogens is 452 g/mol. The van der Waals surface area contributed by atoms with Gasteiger partial charge in [0.2, 0.25) is 0 Å². The van der Waals surface area contributed by atoms with E-state index in [1.807, 2.05) is 0 Å². The molecule has 2 nitrogen and oxygen atoms in total. The second kappa shape index (κ2) is 12.1. The van der Waals surface area contributed by atoms with Gasteiger partial charge in [0.1, 0.15) is 11.0 Å². The SMILES string of the molecule is CCCCCCCCc1nc2c(Br)ccc(Br)c2nc1CCCCCC. The van der Waals surface area contributed by atoms with Crippen LogP contribution in [0.15, 0.2) is 21.1 Å². The minimum atomic E-state index is 0.983. The molecule has 0 N–H and O–H groups in total. The molecule has 0 aliphatic carbocycles. The van der Waals surface area contributed by atoms with E-state index >= 15 is 0 Å². The molecule has 0 amide bonds. The van der Waals surface area contributed by atoms with Crippen LogP contribution in [0.3, 0.4) is 0 Å². The smallest absolute Gasteiger partial charge is 0.104 e. The molecule has 1 heterocycles. The molecule has 0 radical (unpaired) electrons. The lowest BCUT2D eigenvalue weighted by atomic mass is 10.0. The van der Waals surface area contributed by atoms with Crippen LogP contribution in [0.5, 0.6) is 0 Å². The first-order valence-electron chi connectivity index (χ1n) is 10.3. The molecule has 0 aliphatic heterocycles. The molecule has 144 valence electrons. The molecule has 0 atom stereocenters. The predicted molar refractivity (Wildman–Crippen MR) is 120 cm³/mol. The maximum Gasteiger partial charge on any atom is 0.104 e. The molecule has 26 heavy (non-hydrogen) atoms. The lowest BCUT2D eigenvalue weighted by molar-refractivity contribution is 0.600. The van der Waals surface area contributed by atoms with Crippen molar-refractivity contribution in [1.29, 1.82) is 0 Å². The first-order valence-corrected chi connectivity index (χ1v) is 11.9. The summed E-state index contributed by atoms with van der Waals surface area (Å²) in [6.07, 6.45) is 15.1. The number of hydrogen-bond donors (Lipinski definition) is 0. The minimum Gasteiger partial charge on any atom is -0.248 e. The van der Waals surface area contributed by atoms with E-state index in [1.54, 1.807) is 0 Å². The fourth-order valence-electron chi connectivity index (χ4n) is 3.33. The van der Waals surface area contributed by atoms with Crippen molar-refractivity contribution in [3.63, 3.8) is 0 Å². The van der Waals surface area contributed by atoms with Gasteiger partial charge in [-0.05, 0) is 69.7 Å². The Labute approximate surface area is 175 Å². The highest BCUT2D eigenvalue weighted by Crippen LogP contribution is 2.29. The summed E-state index contributed by atoms with van der Waals surface area (Å²) >= 11 is 7.30.